The van der Waals surface area contributed by atoms with Gasteiger partial charge in [0.25, 0.3) is 10.0 Å². The predicted molar refractivity (Wildman–Crippen MR) is 105 cm³/mol. The van der Waals surface area contributed by atoms with Crippen LogP contribution in [0.4, 0.5) is 14.9 Å². The third-order valence-corrected chi connectivity index (χ3v) is 7.07. The Labute approximate surface area is 178 Å². The molecule has 0 bridgehead atoms. The van der Waals surface area contributed by atoms with E-state index in [1.807, 2.05) is 6.92 Å². The molecule has 3 amide bonds. The number of nitrogens with zero attached hydrogens (tertiary/aromatic N) is 3. The number of hydrazine groups is 1. The molecule has 1 aromatic carbocycles. The largest absolute Gasteiger partial charge is 0.350 e. The molecule has 0 spiro atoms. The number of benzene rings is 1. The van der Waals surface area contributed by atoms with Gasteiger partial charge in [0.2, 0.25) is 5.91 Å². The summed E-state index contributed by atoms with van der Waals surface area (Å²) in [6, 6.07) is 3.32. The lowest BCUT2D eigenvalue weighted by Gasteiger charge is -2.37. The molecule has 3 rings (SSSR count). The predicted octanol–water partition coefficient (Wildman–Crippen LogP) is 0.133. The lowest BCUT2D eigenvalue weighted by Crippen LogP contribution is -2.62. The molecule has 1 saturated heterocycles. The molecular weight excluding hydrogens is 429 g/mol. The van der Waals surface area contributed by atoms with Crippen molar-refractivity contribution >= 4 is 27.6 Å². The maximum atomic E-state index is 13.9. The molecule has 0 aromatic heterocycles. The van der Waals surface area contributed by atoms with Crippen molar-refractivity contribution in [3.05, 3.63) is 23.5 Å². The van der Waals surface area contributed by atoms with Gasteiger partial charge in [-0.1, -0.05) is 6.92 Å². The van der Waals surface area contributed by atoms with Gasteiger partial charge in [-0.15, -0.1) is 0 Å². The second kappa shape index (κ2) is 8.47. The summed E-state index contributed by atoms with van der Waals surface area (Å²) in [5, 5.41) is 23.1. The Morgan fingerprint density at radius 1 is 1.39 bits per heavy atom. The van der Waals surface area contributed by atoms with Crippen LogP contribution in [-0.2, 0) is 14.8 Å². The number of urea groups is 1. The highest BCUT2D eigenvalue weighted by atomic mass is 32.2. The molecule has 2 aliphatic heterocycles. The molecule has 4 N–H and O–H groups in total. The molecular formula is C18H20FN7O4S. The third-order valence-electron chi connectivity index (χ3n) is 5.25. The fourth-order valence-electron chi connectivity index (χ4n) is 3.72. The molecule has 2 heterocycles. The van der Waals surface area contributed by atoms with Gasteiger partial charge >= 0.3 is 6.03 Å². The molecule has 0 radical (unpaired) electrons. The number of sulfonamides is 1. The molecule has 0 aliphatic carbocycles. The minimum absolute atomic E-state index is 0.0243. The van der Waals surface area contributed by atoms with Gasteiger partial charge in [0.15, 0.2) is 0 Å². The second-order valence-corrected chi connectivity index (χ2v) is 9.22. The Morgan fingerprint density at radius 2 is 2.10 bits per heavy atom. The molecule has 13 heteroatoms. The highest BCUT2D eigenvalue weighted by molar-refractivity contribution is 7.90. The lowest BCUT2D eigenvalue weighted by atomic mass is 9.89. The van der Waals surface area contributed by atoms with Crippen LogP contribution in [0.25, 0.3) is 0 Å². The van der Waals surface area contributed by atoms with Crippen LogP contribution in [0.3, 0.4) is 0 Å². The maximum Gasteiger partial charge on any atom is 0.336 e. The van der Waals surface area contributed by atoms with E-state index < -0.39 is 50.8 Å². The van der Waals surface area contributed by atoms with Gasteiger partial charge in [0, 0.05) is 12.1 Å². The summed E-state index contributed by atoms with van der Waals surface area (Å²) in [7, 11) is -4.64. The fraction of sp³-hybridized carbons (Fsp3) is 0.444. The summed E-state index contributed by atoms with van der Waals surface area (Å²) in [5.41, 5.74) is 4.83. The molecule has 31 heavy (non-hydrogen) atoms. The van der Waals surface area contributed by atoms with E-state index in [-0.39, 0.29) is 28.0 Å². The summed E-state index contributed by atoms with van der Waals surface area (Å²) in [4.78, 5) is 24.2. The zero-order valence-electron chi connectivity index (χ0n) is 16.6. The van der Waals surface area contributed by atoms with Crippen LogP contribution < -0.4 is 21.5 Å². The zero-order chi connectivity index (χ0) is 22.9. The van der Waals surface area contributed by atoms with Crippen LogP contribution in [0, 0.1) is 34.4 Å². The van der Waals surface area contributed by atoms with Crippen molar-refractivity contribution < 1.29 is 22.4 Å². The number of carbonyl (C=O) groups excluding carboxylic acids is 2. The third kappa shape index (κ3) is 4.16. The van der Waals surface area contributed by atoms with Crippen LogP contribution in [0.15, 0.2) is 17.0 Å². The van der Waals surface area contributed by atoms with E-state index in [9.17, 15) is 22.4 Å². The van der Waals surface area contributed by atoms with E-state index in [0.29, 0.717) is 6.42 Å². The van der Waals surface area contributed by atoms with Crippen molar-refractivity contribution in [2.24, 2.45) is 5.92 Å². The van der Waals surface area contributed by atoms with Gasteiger partial charge in [0.1, 0.15) is 34.9 Å². The average molecular weight is 449 g/mol. The van der Waals surface area contributed by atoms with Crippen molar-refractivity contribution in [2.75, 3.05) is 11.9 Å². The van der Waals surface area contributed by atoms with Crippen LogP contribution in [0.5, 0.6) is 0 Å². The number of fused-ring (bicyclic) bond motifs is 1. The molecule has 11 nitrogen and oxygen atoms in total. The van der Waals surface area contributed by atoms with Crippen molar-refractivity contribution in [3.63, 3.8) is 0 Å². The van der Waals surface area contributed by atoms with Gasteiger partial charge < -0.3 is 10.6 Å². The first-order valence-electron chi connectivity index (χ1n) is 9.36. The second-order valence-electron chi connectivity index (χ2n) is 7.42. The minimum Gasteiger partial charge on any atom is -0.350 e. The number of nitrogens with one attached hydrogen (secondary N) is 4. The monoisotopic (exact) mass is 449 g/mol. The number of anilines is 1. The summed E-state index contributed by atoms with van der Waals surface area (Å²) in [6.07, 6.45) is 0.552. The number of hydrogen-bond donors (Lipinski definition) is 4. The quantitative estimate of drug-likeness (QED) is 0.503. The normalized spacial score (nSPS) is 25.4. The number of rotatable bonds is 4. The van der Waals surface area contributed by atoms with Gasteiger partial charge in [-0.3, -0.25) is 10.2 Å². The maximum absolute atomic E-state index is 13.9. The first kappa shape index (κ1) is 22.4. The smallest absolute Gasteiger partial charge is 0.336 e. The van der Waals surface area contributed by atoms with Crippen LogP contribution in [0.1, 0.15) is 25.8 Å². The van der Waals surface area contributed by atoms with Crippen LogP contribution in [0.2, 0.25) is 0 Å². The SMILES string of the molecule is CC1CC(C#N)NNC1[C@@H](C)NC(=O)CN1C(=O)Nc2ccc(F)c(C#N)c2S1(=O)=O. The first-order valence-corrected chi connectivity index (χ1v) is 10.8. The Bertz CT molecular complexity index is 1110. The summed E-state index contributed by atoms with van der Waals surface area (Å²) >= 11 is 0. The number of halogens is 1. The number of nitriles is 2. The van der Waals surface area contributed by atoms with E-state index in [2.05, 4.69) is 27.6 Å². The van der Waals surface area contributed by atoms with Crippen molar-refractivity contribution in [2.45, 2.75) is 43.3 Å². The average Bonchev–Trinajstić information content (AvgIpc) is 2.71. The molecule has 4 atom stereocenters. The molecule has 3 unspecified atom stereocenters. The lowest BCUT2D eigenvalue weighted by molar-refractivity contribution is -0.121. The van der Waals surface area contributed by atoms with E-state index in [1.165, 1.54) is 6.07 Å². The molecule has 164 valence electrons. The van der Waals surface area contributed by atoms with Gasteiger partial charge in [-0.05, 0) is 31.4 Å². The van der Waals surface area contributed by atoms with Gasteiger partial charge in [0.05, 0.1) is 11.8 Å². The fourth-order valence-corrected chi connectivity index (χ4v) is 5.29. The number of carbonyl (C=O) groups is 2. The minimum atomic E-state index is -4.64. The standard InChI is InChI=1S/C18H20FN7O4S/c1-9-5-11(6-20)24-25-16(9)10(2)22-15(27)8-26-18(28)23-14-4-3-13(19)12(7-21)17(14)31(26,29)30/h3-4,9-11,16,24-25H,5,8H2,1-2H3,(H,22,27)(H,23,28)/t9?,10-,11?,16?/m1/s1. The first-order chi connectivity index (χ1) is 14.6. The summed E-state index contributed by atoms with van der Waals surface area (Å²) < 4.78 is 40.0. The molecule has 2 aliphatic rings. The van der Waals surface area contributed by atoms with Gasteiger partial charge in [-0.25, -0.2) is 27.3 Å². The Morgan fingerprint density at radius 3 is 2.71 bits per heavy atom. The Hall–Kier alpha value is -3.26. The zero-order valence-corrected chi connectivity index (χ0v) is 17.5. The van der Waals surface area contributed by atoms with Crippen molar-refractivity contribution in [1.82, 2.24) is 20.5 Å². The molecule has 1 fully saturated rings. The van der Waals surface area contributed by atoms with E-state index in [1.54, 1.807) is 6.92 Å². The Kier molecular flexibility index (Phi) is 6.13. The summed E-state index contributed by atoms with van der Waals surface area (Å²) in [6.45, 7) is 2.75. The molecule has 1 aromatic rings. The molecule has 0 saturated carbocycles. The topological polar surface area (TPSA) is 167 Å². The highest BCUT2D eigenvalue weighted by Gasteiger charge is 2.41. The van der Waals surface area contributed by atoms with Crippen LogP contribution >= 0.6 is 0 Å². The van der Waals surface area contributed by atoms with Gasteiger partial charge in [-0.2, -0.15) is 10.5 Å². The van der Waals surface area contributed by atoms with Crippen molar-refractivity contribution in [3.8, 4) is 12.1 Å². The summed E-state index contributed by atoms with van der Waals surface area (Å²) in [5.74, 6) is -1.79. The number of hydrogen-bond acceptors (Lipinski definition) is 8. The Balaban J connectivity index is 1.76. The van der Waals surface area contributed by atoms with Crippen LogP contribution in [-0.4, -0.2) is 49.3 Å². The highest BCUT2D eigenvalue weighted by Crippen LogP contribution is 2.34. The number of amides is 3. The van der Waals surface area contributed by atoms with E-state index in [0.717, 1.165) is 12.1 Å². The van der Waals surface area contributed by atoms with E-state index in [4.69, 9.17) is 10.5 Å². The van der Waals surface area contributed by atoms with Crippen molar-refractivity contribution in [1.29, 1.82) is 10.5 Å². The van der Waals surface area contributed by atoms with E-state index >= 15 is 0 Å².